The average molecular weight is 223 g/mol. The number of carboxylic acids is 1. The van der Waals surface area contributed by atoms with Gasteiger partial charge in [-0.15, -0.1) is 0 Å². The van der Waals surface area contributed by atoms with Crippen LogP contribution in [0.4, 0.5) is 5.95 Å². The average Bonchev–Trinajstić information content (AvgIpc) is 2.72. The summed E-state index contributed by atoms with van der Waals surface area (Å²) in [5.41, 5.74) is 0. The third kappa shape index (κ3) is 1.54. The topological polar surface area (TPSA) is 79.5 Å². The molecule has 1 aromatic rings. The molecule has 3 rings (SSSR count). The number of anilines is 1. The minimum atomic E-state index is -0.772. The normalized spacial score (nSPS) is 28.4. The van der Waals surface area contributed by atoms with E-state index in [9.17, 15) is 4.79 Å². The minimum Gasteiger partial charge on any atom is -0.481 e. The molecule has 0 spiro atoms. The molecular weight excluding hydrogens is 210 g/mol. The molecule has 1 saturated carbocycles. The van der Waals surface area contributed by atoms with Crippen LogP contribution < -0.4 is 4.90 Å². The van der Waals surface area contributed by atoms with Crippen molar-refractivity contribution in [3.05, 3.63) is 5.89 Å². The van der Waals surface area contributed by atoms with Crippen molar-refractivity contribution in [1.29, 1.82) is 0 Å². The lowest BCUT2D eigenvalue weighted by molar-refractivity contribution is -0.138. The van der Waals surface area contributed by atoms with Gasteiger partial charge in [0.2, 0.25) is 5.89 Å². The van der Waals surface area contributed by atoms with Gasteiger partial charge < -0.3 is 14.5 Å². The highest BCUT2D eigenvalue weighted by Crippen LogP contribution is 2.47. The maximum absolute atomic E-state index is 10.7. The quantitative estimate of drug-likeness (QED) is 0.818. The molecule has 86 valence electrons. The Balaban J connectivity index is 1.71. The molecule has 0 aromatic carbocycles. The number of hydrogen-bond donors (Lipinski definition) is 1. The molecule has 16 heavy (non-hydrogen) atoms. The third-order valence-electron chi connectivity index (χ3n) is 3.24. The number of carboxylic acid groups (broad SMARTS) is 1. The first-order valence-electron chi connectivity index (χ1n) is 5.57. The van der Waals surface area contributed by atoms with E-state index in [0.29, 0.717) is 18.3 Å². The highest BCUT2D eigenvalue weighted by atomic mass is 16.5. The molecule has 2 aliphatic rings. The molecule has 2 atom stereocenters. The van der Waals surface area contributed by atoms with Crippen LogP contribution in [0.3, 0.4) is 0 Å². The summed E-state index contributed by atoms with van der Waals surface area (Å²) in [6.07, 6.45) is 2.94. The van der Waals surface area contributed by atoms with Crippen LogP contribution in [-0.4, -0.2) is 34.3 Å². The number of rotatable bonds is 3. The van der Waals surface area contributed by atoms with Crippen LogP contribution in [0.15, 0.2) is 4.52 Å². The van der Waals surface area contributed by atoms with E-state index in [1.807, 2.05) is 0 Å². The molecular formula is C10H13N3O3. The summed E-state index contributed by atoms with van der Waals surface area (Å²) in [4.78, 5) is 17.1. The SMILES string of the molecule is O=C(O)C1CC1c1nc(N2CCCC2)no1. The van der Waals surface area contributed by atoms with Gasteiger partial charge in [0.1, 0.15) is 0 Å². The van der Waals surface area contributed by atoms with Gasteiger partial charge in [-0.2, -0.15) is 4.98 Å². The van der Waals surface area contributed by atoms with Crippen molar-refractivity contribution < 1.29 is 14.4 Å². The summed E-state index contributed by atoms with van der Waals surface area (Å²) in [6, 6.07) is 0. The summed E-state index contributed by atoms with van der Waals surface area (Å²) in [7, 11) is 0. The molecule has 2 unspecified atom stereocenters. The lowest BCUT2D eigenvalue weighted by atomic mass is 10.3. The summed E-state index contributed by atoms with van der Waals surface area (Å²) in [6.45, 7) is 1.93. The van der Waals surface area contributed by atoms with Crippen LogP contribution in [0, 0.1) is 5.92 Å². The van der Waals surface area contributed by atoms with Gasteiger partial charge in [-0.1, -0.05) is 0 Å². The maximum Gasteiger partial charge on any atom is 0.307 e. The Bertz CT molecular complexity index is 411. The first-order chi connectivity index (χ1) is 7.75. The predicted octanol–water partition coefficient (Wildman–Crippen LogP) is 0.858. The fraction of sp³-hybridized carbons (Fsp3) is 0.700. The van der Waals surface area contributed by atoms with Gasteiger partial charge >= 0.3 is 5.97 Å². The van der Waals surface area contributed by atoms with Crippen LogP contribution in [0.2, 0.25) is 0 Å². The molecule has 1 aliphatic heterocycles. The number of aromatic nitrogens is 2. The minimum absolute atomic E-state index is 0.0682. The molecule has 1 N–H and O–H groups in total. The van der Waals surface area contributed by atoms with Gasteiger partial charge in [0.25, 0.3) is 5.95 Å². The van der Waals surface area contributed by atoms with E-state index in [0.717, 1.165) is 25.9 Å². The molecule has 6 nitrogen and oxygen atoms in total. The van der Waals surface area contributed by atoms with E-state index in [4.69, 9.17) is 9.63 Å². The van der Waals surface area contributed by atoms with E-state index in [1.54, 1.807) is 0 Å². The standard InChI is InChI=1S/C10H13N3O3/c14-9(15)7-5-6(7)8-11-10(12-16-8)13-3-1-2-4-13/h6-7H,1-5H2,(H,14,15). The van der Waals surface area contributed by atoms with Crippen molar-refractivity contribution in [3.63, 3.8) is 0 Å². The number of hydrogen-bond acceptors (Lipinski definition) is 5. The highest BCUT2D eigenvalue weighted by Gasteiger charge is 2.48. The van der Waals surface area contributed by atoms with Gasteiger partial charge in [-0.25, -0.2) is 0 Å². The Kier molecular flexibility index (Phi) is 2.08. The summed E-state index contributed by atoms with van der Waals surface area (Å²) < 4.78 is 5.12. The van der Waals surface area contributed by atoms with Crippen LogP contribution in [-0.2, 0) is 4.79 Å². The molecule has 0 bridgehead atoms. The number of aliphatic carboxylic acids is 1. The Morgan fingerprint density at radius 2 is 2.19 bits per heavy atom. The molecule has 1 aromatic heterocycles. The molecule has 1 aliphatic carbocycles. The van der Waals surface area contributed by atoms with Crippen molar-refractivity contribution in [2.45, 2.75) is 25.2 Å². The van der Waals surface area contributed by atoms with Crippen LogP contribution in [0.5, 0.6) is 0 Å². The second kappa shape index (κ2) is 3.47. The second-order valence-corrected chi connectivity index (χ2v) is 4.41. The van der Waals surface area contributed by atoms with Crippen molar-refractivity contribution in [2.24, 2.45) is 5.92 Å². The lowest BCUT2D eigenvalue weighted by Crippen LogP contribution is -2.18. The van der Waals surface area contributed by atoms with Crippen LogP contribution in [0.1, 0.15) is 31.1 Å². The fourth-order valence-corrected chi connectivity index (χ4v) is 2.16. The zero-order chi connectivity index (χ0) is 11.1. The van der Waals surface area contributed by atoms with Crippen LogP contribution >= 0.6 is 0 Å². The van der Waals surface area contributed by atoms with E-state index < -0.39 is 5.97 Å². The van der Waals surface area contributed by atoms with E-state index in [1.165, 1.54) is 0 Å². The predicted molar refractivity (Wildman–Crippen MR) is 54.2 cm³/mol. The summed E-state index contributed by atoms with van der Waals surface area (Å²) in [5, 5.41) is 12.7. The molecule has 2 heterocycles. The Morgan fingerprint density at radius 3 is 2.81 bits per heavy atom. The molecule has 6 heteroatoms. The molecule has 0 radical (unpaired) electrons. The highest BCUT2D eigenvalue weighted by molar-refractivity contribution is 5.74. The van der Waals surface area contributed by atoms with Crippen molar-refractivity contribution in [1.82, 2.24) is 10.1 Å². The van der Waals surface area contributed by atoms with Gasteiger partial charge in [-0.3, -0.25) is 4.79 Å². The first kappa shape index (κ1) is 9.62. The second-order valence-electron chi connectivity index (χ2n) is 4.41. The third-order valence-corrected chi connectivity index (χ3v) is 3.24. The van der Waals surface area contributed by atoms with E-state index in [2.05, 4.69) is 15.0 Å². The fourth-order valence-electron chi connectivity index (χ4n) is 2.16. The van der Waals surface area contributed by atoms with Crippen molar-refractivity contribution in [2.75, 3.05) is 18.0 Å². The van der Waals surface area contributed by atoms with E-state index in [-0.39, 0.29) is 11.8 Å². The van der Waals surface area contributed by atoms with E-state index >= 15 is 0 Å². The largest absolute Gasteiger partial charge is 0.481 e. The monoisotopic (exact) mass is 223 g/mol. The summed E-state index contributed by atoms with van der Waals surface area (Å²) in [5.74, 6) is -0.0722. The smallest absolute Gasteiger partial charge is 0.307 e. The van der Waals surface area contributed by atoms with Gasteiger partial charge in [0.05, 0.1) is 11.8 Å². The van der Waals surface area contributed by atoms with Gasteiger partial charge in [0.15, 0.2) is 0 Å². The maximum atomic E-state index is 10.7. The lowest BCUT2D eigenvalue weighted by Gasteiger charge is -2.09. The Labute approximate surface area is 92.2 Å². The Morgan fingerprint density at radius 1 is 1.44 bits per heavy atom. The van der Waals surface area contributed by atoms with Crippen molar-refractivity contribution >= 4 is 11.9 Å². The molecule has 2 fully saturated rings. The van der Waals surface area contributed by atoms with Crippen LogP contribution in [0.25, 0.3) is 0 Å². The zero-order valence-electron chi connectivity index (χ0n) is 8.80. The number of nitrogens with zero attached hydrogens (tertiary/aromatic N) is 3. The molecule has 0 amide bonds. The summed E-state index contributed by atoms with van der Waals surface area (Å²) >= 11 is 0. The van der Waals surface area contributed by atoms with Crippen molar-refractivity contribution in [3.8, 4) is 0 Å². The zero-order valence-corrected chi connectivity index (χ0v) is 8.80. The first-order valence-corrected chi connectivity index (χ1v) is 5.57. The van der Waals surface area contributed by atoms with Gasteiger partial charge in [-0.05, 0) is 24.4 Å². The van der Waals surface area contributed by atoms with Gasteiger partial charge in [0, 0.05) is 13.1 Å². The molecule has 1 saturated heterocycles. The Hall–Kier alpha value is -1.59. The number of carbonyl (C=O) groups is 1.